The molecule has 1 amide bonds. The van der Waals surface area contributed by atoms with Gasteiger partial charge in [0.15, 0.2) is 0 Å². The number of pyridine rings is 1. The number of carbonyl (C=O) groups excluding carboxylic acids is 3. The van der Waals surface area contributed by atoms with E-state index >= 15 is 0 Å². The third kappa shape index (κ3) is 9.00. The van der Waals surface area contributed by atoms with Crippen molar-refractivity contribution < 1.29 is 37.0 Å². The molecule has 0 spiro atoms. The Morgan fingerprint density at radius 1 is 0.956 bits per heavy atom. The minimum Gasteiger partial charge on any atom is -0.493 e. The zero-order valence-electron chi connectivity index (χ0n) is 24.7. The van der Waals surface area contributed by atoms with Crippen molar-refractivity contribution in [1.82, 2.24) is 14.6 Å². The number of nitrogens with zero attached hydrogens (tertiary/aromatic N) is 1. The van der Waals surface area contributed by atoms with Crippen molar-refractivity contribution in [2.75, 3.05) is 27.4 Å². The van der Waals surface area contributed by atoms with Crippen LogP contribution in [-0.4, -0.2) is 63.5 Å². The van der Waals surface area contributed by atoms with E-state index in [0.29, 0.717) is 23.7 Å². The number of methoxy groups -OCH3 is 2. The Labute approximate surface area is 264 Å². The van der Waals surface area contributed by atoms with Gasteiger partial charge in [0, 0.05) is 28.4 Å². The summed E-state index contributed by atoms with van der Waals surface area (Å²) in [4.78, 5) is 54.3. The summed E-state index contributed by atoms with van der Waals surface area (Å²) in [6.07, 6.45) is 1.22. The number of carbonyl (C=O) groups is 3. The Hall–Kier alpha value is -4.53. The average molecular weight is 656 g/mol. The van der Waals surface area contributed by atoms with Gasteiger partial charge < -0.3 is 24.1 Å². The second kappa shape index (κ2) is 15.5. The third-order valence-electron chi connectivity index (χ3n) is 6.80. The summed E-state index contributed by atoms with van der Waals surface area (Å²) < 4.78 is 45.7. The highest BCUT2D eigenvalue weighted by molar-refractivity contribution is 7.89. The van der Waals surface area contributed by atoms with Gasteiger partial charge in [0.2, 0.25) is 21.5 Å². The molecule has 0 aliphatic heterocycles. The number of sulfonamides is 1. The molecular formula is C31H33N3O9S2. The van der Waals surface area contributed by atoms with E-state index in [2.05, 4.69) is 14.4 Å². The summed E-state index contributed by atoms with van der Waals surface area (Å²) >= 11 is 1.38. The molecular weight excluding hydrogens is 622 g/mol. The number of nitrogens with one attached hydrogen (secondary N) is 2. The Morgan fingerprint density at radius 3 is 2.47 bits per heavy atom. The number of ether oxygens (including phenoxy) is 3. The van der Waals surface area contributed by atoms with Crippen LogP contribution in [0.5, 0.6) is 5.75 Å². The molecule has 2 N–H and O–H groups in total. The maximum absolute atomic E-state index is 14.3. The Morgan fingerprint density at radius 2 is 1.73 bits per heavy atom. The highest BCUT2D eigenvalue weighted by Crippen LogP contribution is 2.30. The number of amides is 1. The number of para-hydroxylation sites is 1. The van der Waals surface area contributed by atoms with E-state index in [9.17, 15) is 27.6 Å². The van der Waals surface area contributed by atoms with E-state index in [1.807, 2.05) is 5.38 Å². The van der Waals surface area contributed by atoms with Crippen LogP contribution in [-0.2, 0) is 40.4 Å². The summed E-state index contributed by atoms with van der Waals surface area (Å²) in [6, 6.07) is 15.6. The van der Waals surface area contributed by atoms with Crippen molar-refractivity contribution in [3.05, 3.63) is 92.9 Å². The largest absolute Gasteiger partial charge is 0.493 e. The molecule has 0 aliphatic carbocycles. The van der Waals surface area contributed by atoms with E-state index in [1.54, 1.807) is 36.4 Å². The van der Waals surface area contributed by atoms with Gasteiger partial charge in [-0.25, -0.2) is 8.42 Å². The predicted octanol–water partition coefficient (Wildman–Crippen LogP) is 3.53. The fourth-order valence-corrected chi connectivity index (χ4v) is 6.40. The molecule has 12 nitrogen and oxygen atoms in total. The molecule has 0 bridgehead atoms. The molecule has 4 aromatic rings. The number of hydrogen-bond donors (Lipinski definition) is 2. The van der Waals surface area contributed by atoms with Crippen LogP contribution in [0.4, 0.5) is 0 Å². The molecule has 0 saturated carbocycles. The van der Waals surface area contributed by atoms with Crippen molar-refractivity contribution >= 4 is 50.1 Å². The van der Waals surface area contributed by atoms with Gasteiger partial charge in [-0.1, -0.05) is 24.3 Å². The monoisotopic (exact) mass is 655 g/mol. The zero-order valence-corrected chi connectivity index (χ0v) is 26.3. The minimum atomic E-state index is -4.35. The molecule has 1 atom stereocenters. The number of unbranched alkanes of at least 4 members (excludes halogenated alkanes) is 1. The lowest BCUT2D eigenvalue weighted by Crippen LogP contribution is -2.44. The summed E-state index contributed by atoms with van der Waals surface area (Å²) in [7, 11) is -1.84. The SMILES string of the molecule is COC(=O)CCCCOc1ccccc1[C@H](NS(=O)(=O)c1ccc2[nH]c(=O)ccc2c1)C(=O)N(CC(=O)OC)Cc1cccs1. The first-order valence-corrected chi connectivity index (χ1v) is 16.3. The van der Waals surface area contributed by atoms with Crippen LogP contribution in [0.2, 0.25) is 0 Å². The topological polar surface area (TPSA) is 161 Å². The standard InChI is InChI=1S/C31H33N3O9S2/c1-41-28(36)11-5-6-16-43-26-10-4-3-9-24(26)30(31(38)34(20-29(37)42-2)19-22-8-7-17-44-22)33-45(39,40)23-13-14-25-21(18-23)12-15-27(35)32-25/h3-4,7-10,12-15,17-18,30,33H,5-6,11,16,19-20H2,1-2H3,(H,32,35)/t30-/m0/s1. The second-order valence-electron chi connectivity index (χ2n) is 9.90. The highest BCUT2D eigenvalue weighted by Gasteiger charge is 2.34. The van der Waals surface area contributed by atoms with Crippen molar-refractivity contribution in [2.24, 2.45) is 0 Å². The summed E-state index contributed by atoms with van der Waals surface area (Å²) in [5, 5.41) is 2.30. The van der Waals surface area contributed by atoms with Crippen LogP contribution in [0.3, 0.4) is 0 Å². The van der Waals surface area contributed by atoms with Gasteiger partial charge in [0.25, 0.3) is 0 Å². The minimum absolute atomic E-state index is 0.0315. The smallest absolute Gasteiger partial charge is 0.325 e. The number of aromatic nitrogens is 1. The van der Waals surface area contributed by atoms with E-state index in [-0.39, 0.29) is 47.3 Å². The van der Waals surface area contributed by atoms with Gasteiger partial charge in [-0.05, 0) is 60.0 Å². The first kappa shape index (κ1) is 33.4. The van der Waals surface area contributed by atoms with Crippen LogP contribution < -0.4 is 15.0 Å². The molecule has 2 heterocycles. The van der Waals surface area contributed by atoms with Crippen molar-refractivity contribution in [3.63, 3.8) is 0 Å². The molecule has 45 heavy (non-hydrogen) atoms. The number of thiophene rings is 1. The van der Waals surface area contributed by atoms with Gasteiger partial charge in [0.05, 0.1) is 32.3 Å². The third-order valence-corrected chi connectivity index (χ3v) is 9.08. The fourth-order valence-electron chi connectivity index (χ4n) is 4.48. The molecule has 0 radical (unpaired) electrons. The molecule has 0 unspecified atom stereocenters. The van der Waals surface area contributed by atoms with Crippen molar-refractivity contribution in [3.8, 4) is 5.75 Å². The fraction of sp³-hybridized carbons (Fsp3) is 0.290. The van der Waals surface area contributed by atoms with E-state index in [4.69, 9.17) is 9.47 Å². The maximum atomic E-state index is 14.3. The first-order valence-electron chi connectivity index (χ1n) is 13.9. The first-order chi connectivity index (χ1) is 21.6. The lowest BCUT2D eigenvalue weighted by Gasteiger charge is -2.28. The van der Waals surface area contributed by atoms with Crippen LogP contribution in [0, 0.1) is 0 Å². The van der Waals surface area contributed by atoms with Gasteiger partial charge >= 0.3 is 11.9 Å². The van der Waals surface area contributed by atoms with Gasteiger partial charge in [-0.15, -0.1) is 11.3 Å². The molecule has 4 rings (SSSR count). The molecule has 2 aromatic carbocycles. The van der Waals surface area contributed by atoms with Gasteiger partial charge in [-0.3, -0.25) is 19.2 Å². The molecule has 2 aromatic heterocycles. The Balaban J connectivity index is 1.70. The number of aromatic amines is 1. The van der Waals surface area contributed by atoms with E-state index in [0.717, 1.165) is 4.88 Å². The number of esters is 2. The summed E-state index contributed by atoms with van der Waals surface area (Å²) in [5.41, 5.74) is 0.339. The number of hydrogen-bond acceptors (Lipinski definition) is 10. The molecule has 0 saturated heterocycles. The Kier molecular flexibility index (Phi) is 11.5. The lowest BCUT2D eigenvalue weighted by molar-refractivity contribution is -0.148. The molecule has 238 valence electrons. The zero-order chi connectivity index (χ0) is 32.4. The van der Waals surface area contributed by atoms with E-state index in [1.165, 1.54) is 60.8 Å². The quantitative estimate of drug-likeness (QED) is 0.144. The summed E-state index contributed by atoms with van der Waals surface area (Å²) in [6.45, 7) is -0.208. The summed E-state index contributed by atoms with van der Waals surface area (Å²) in [5.74, 6) is -1.47. The van der Waals surface area contributed by atoms with Crippen LogP contribution in [0.25, 0.3) is 10.9 Å². The molecule has 0 aliphatic rings. The Bertz CT molecular complexity index is 1800. The number of H-pyrrole nitrogens is 1. The number of fused-ring (bicyclic) bond motifs is 1. The molecule has 14 heteroatoms. The van der Waals surface area contributed by atoms with Crippen LogP contribution in [0.1, 0.15) is 35.7 Å². The van der Waals surface area contributed by atoms with Crippen molar-refractivity contribution in [1.29, 1.82) is 0 Å². The maximum Gasteiger partial charge on any atom is 0.325 e. The lowest BCUT2D eigenvalue weighted by atomic mass is 10.0. The predicted molar refractivity (Wildman–Crippen MR) is 167 cm³/mol. The molecule has 0 fully saturated rings. The average Bonchev–Trinajstić information content (AvgIpc) is 3.55. The number of rotatable bonds is 15. The van der Waals surface area contributed by atoms with Gasteiger partial charge in [0.1, 0.15) is 18.3 Å². The van der Waals surface area contributed by atoms with Crippen molar-refractivity contribution in [2.45, 2.75) is 36.7 Å². The van der Waals surface area contributed by atoms with Gasteiger partial charge in [-0.2, -0.15) is 4.72 Å². The van der Waals surface area contributed by atoms with Crippen LogP contribution in [0.15, 0.2) is 81.8 Å². The second-order valence-corrected chi connectivity index (χ2v) is 12.6. The van der Waals surface area contributed by atoms with Crippen LogP contribution >= 0.6 is 11.3 Å². The number of benzene rings is 2. The normalized spacial score (nSPS) is 12.0. The van der Waals surface area contributed by atoms with E-state index < -0.39 is 34.5 Å². The highest BCUT2D eigenvalue weighted by atomic mass is 32.2.